The van der Waals surface area contributed by atoms with E-state index in [1.807, 2.05) is 12.1 Å². The highest BCUT2D eigenvalue weighted by Crippen LogP contribution is 2.32. The maximum atomic E-state index is 11.9. The number of ether oxygens (including phenoxy) is 3. The molecule has 1 N–H and O–H groups in total. The molecule has 0 aromatic heterocycles. The van der Waals surface area contributed by atoms with Gasteiger partial charge in [0, 0.05) is 14.5 Å². The van der Waals surface area contributed by atoms with Gasteiger partial charge in [-0.1, -0.05) is 31.9 Å². The summed E-state index contributed by atoms with van der Waals surface area (Å²) in [5.41, 5.74) is 3.11. The number of carbonyl (C=O) groups is 1. The molecule has 26 heavy (non-hydrogen) atoms. The molecule has 0 aliphatic heterocycles. The molecule has 0 fully saturated rings. The van der Waals surface area contributed by atoms with Gasteiger partial charge in [-0.15, -0.1) is 0 Å². The van der Waals surface area contributed by atoms with Crippen LogP contribution in [0.5, 0.6) is 17.2 Å². The van der Waals surface area contributed by atoms with Gasteiger partial charge in [-0.25, -0.2) is 5.43 Å². The molecule has 0 spiro atoms. The van der Waals surface area contributed by atoms with E-state index in [9.17, 15) is 4.79 Å². The van der Waals surface area contributed by atoms with E-state index in [-0.39, 0.29) is 6.61 Å². The lowest BCUT2D eigenvalue weighted by atomic mass is 10.2. The van der Waals surface area contributed by atoms with E-state index < -0.39 is 5.91 Å². The molecule has 0 aliphatic rings. The second-order valence-electron chi connectivity index (χ2n) is 4.89. The minimum Gasteiger partial charge on any atom is -0.495 e. The summed E-state index contributed by atoms with van der Waals surface area (Å²) < 4.78 is 18.5. The van der Waals surface area contributed by atoms with E-state index >= 15 is 0 Å². The Morgan fingerprint density at radius 2 is 1.85 bits per heavy atom. The quantitative estimate of drug-likeness (QED) is 0.406. The summed E-state index contributed by atoms with van der Waals surface area (Å²) in [5.74, 6) is 1.20. The molecule has 0 saturated carbocycles. The van der Waals surface area contributed by atoms with E-state index in [1.165, 1.54) is 13.3 Å². The Hall–Kier alpha value is -1.58. The van der Waals surface area contributed by atoms with Crippen LogP contribution in [0.2, 0.25) is 0 Å². The van der Waals surface area contributed by atoms with E-state index in [0.717, 1.165) is 13.4 Å². The van der Waals surface area contributed by atoms with Crippen molar-refractivity contribution in [2.75, 3.05) is 20.8 Å². The SMILES string of the molecule is COc1cc(Br)ccc1OCC(=O)N/N=C/c1cc(Br)cc(Br)c1OC. The zero-order chi connectivity index (χ0) is 19.1. The topological polar surface area (TPSA) is 69.2 Å². The number of hydrazone groups is 1. The van der Waals surface area contributed by atoms with Crippen molar-refractivity contribution in [3.05, 3.63) is 49.3 Å². The number of benzene rings is 2. The Morgan fingerprint density at radius 1 is 1.08 bits per heavy atom. The second-order valence-corrected chi connectivity index (χ2v) is 7.57. The Bertz CT molecular complexity index is 828. The van der Waals surface area contributed by atoms with Crippen molar-refractivity contribution >= 4 is 59.9 Å². The van der Waals surface area contributed by atoms with Gasteiger partial charge >= 0.3 is 0 Å². The highest BCUT2D eigenvalue weighted by atomic mass is 79.9. The van der Waals surface area contributed by atoms with Gasteiger partial charge in [0.2, 0.25) is 0 Å². The first-order chi connectivity index (χ1) is 12.4. The van der Waals surface area contributed by atoms with Crippen molar-refractivity contribution in [3.63, 3.8) is 0 Å². The molecule has 2 aromatic rings. The average Bonchev–Trinajstić information content (AvgIpc) is 2.60. The van der Waals surface area contributed by atoms with E-state index in [4.69, 9.17) is 14.2 Å². The lowest BCUT2D eigenvalue weighted by Gasteiger charge is -2.10. The van der Waals surface area contributed by atoms with Gasteiger partial charge in [-0.3, -0.25) is 4.79 Å². The summed E-state index contributed by atoms with van der Waals surface area (Å²) in [4.78, 5) is 11.9. The maximum Gasteiger partial charge on any atom is 0.277 e. The summed E-state index contributed by atoms with van der Waals surface area (Å²) in [6, 6.07) is 8.94. The first-order valence-electron chi connectivity index (χ1n) is 7.26. The van der Waals surface area contributed by atoms with Crippen LogP contribution in [0.15, 0.2) is 48.9 Å². The number of halogens is 3. The van der Waals surface area contributed by atoms with Crippen molar-refractivity contribution in [1.29, 1.82) is 0 Å². The first kappa shape index (κ1) is 20.7. The molecule has 0 aliphatic carbocycles. The number of amides is 1. The van der Waals surface area contributed by atoms with Crippen LogP contribution < -0.4 is 19.6 Å². The van der Waals surface area contributed by atoms with E-state index in [1.54, 1.807) is 25.3 Å². The highest BCUT2D eigenvalue weighted by molar-refractivity contribution is 9.11. The number of methoxy groups -OCH3 is 2. The number of nitrogens with zero attached hydrogens (tertiary/aromatic N) is 1. The third-order valence-electron chi connectivity index (χ3n) is 3.12. The number of rotatable bonds is 7. The summed E-state index contributed by atoms with van der Waals surface area (Å²) >= 11 is 10.2. The Kier molecular flexibility index (Phi) is 7.92. The van der Waals surface area contributed by atoms with Crippen LogP contribution in [-0.2, 0) is 4.79 Å². The predicted molar refractivity (Wildman–Crippen MR) is 110 cm³/mol. The molecular weight excluding hydrogens is 536 g/mol. The Balaban J connectivity index is 1.96. The molecule has 0 unspecified atom stereocenters. The fourth-order valence-corrected chi connectivity index (χ4v) is 3.76. The van der Waals surface area contributed by atoms with Crippen LogP contribution in [0.4, 0.5) is 0 Å². The Morgan fingerprint density at radius 3 is 2.54 bits per heavy atom. The molecule has 138 valence electrons. The molecule has 0 atom stereocenters. The van der Waals surface area contributed by atoms with Crippen molar-refractivity contribution < 1.29 is 19.0 Å². The van der Waals surface area contributed by atoms with Gasteiger partial charge in [0.15, 0.2) is 18.1 Å². The standard InChI is InChI=1S/C17H15Br3N2O4/c1-24-15-7-11(18)3-4-14(15)26-9-16(23)22-21-8-10-5-12(19)6-13(20)17(10)25-2/h3-8H,9H2,1-2H3,(H,22,23)/b21-8+. The molecule has 2 rings (SSSR count). The number of carbonyl (C=O) groups excluding carboxylic acids is 1. The first-order valence-corrected chi connectivity index (χ1v) is 9.63. The molecule has 0 radical (unpaired) electrons. The van der Waals surface area contributed by atoms with Crippen molar-refractivity contribution in [3.8, 4) is 17.2 Å². The van der Waals surface area contributed by atoms with Crippen molar-refractivity contribution in [2.45, 2.75) is 0 Å². The molecule has 0 bridgehead atoms. The van der Waals surface area contributed by atoms with Gasteiger partial charge in [-0.2, -0.15) is 5.10 Å². The fourth-order valence-electron chi connectivity index (χ4n) is 2.00. The molecule has 0 heterocycles. The van der Waals surface area contributed by atoms with Crippen LogP contribution in [-0.4, -0.2) is 32.9 Å². The lowest BCUT2D eigenvalue weighted by molar-refractivity contribution is -0.123. The molecular formula is C17H15Br3N2O4. The zero-order valence-electron chi connectivity index (χ0n) is 13.9. The predicted octanol–water partition coefficient (Wildman–Crippen LogP) is 4.52. The van der Waals surface area contributed by atoms with Gasteiger partial charge in [-0.05, 0) is 46.3 Å². The fraction of sp³-hybridized carbons (Fsp3) is 0.176. The molecule has 2 aromatic carbocycles. The number of hydrogen-bond acceptors (Lipinski definition) is 5. The maximum absolute atomic E-state index is 11.9. The zero-order valence-corrected chi connectivity index (χ0v) is 18.6. The number of nitrogens with one attached hydrogen (secondary N) is 1. The van der Waals surface area contributed by atoms with E-state index in [2.05, 4.69) is 58.3 Å². The summed E-state index contributed by atoms with van der Waals surface area (Å²) in [6.45, 7) is -0.200. The van der Waals surface area contributed by atoms with Crippen molar-refractivity contribution in [2.24, 2.45) is 5.10 Å². The summed E-state index contributed by atoms with van der Waals surface area (Å²) in [7, 11) is 3.09. The van der Waals surface area contributed by atoms with Crippen LogP contribution in [0.3, 0.4) is 0 Å². The van der Waals surface area contributed by atoms with Crippen LogP contribution >= 0.6 is 47.8 Å². The van der Waals surface area contributed by atoms with Gasteiger partial charge in [0.25, 0.3) is 5.91 Å². The largest absolute Gasteiger partial charge is 0.495 e. The third-order valence-corrected chi connectivity index (χ3v) is 4.66. The minimum atomic E-state index is -0.403. The average molecular weight is 551 g/mol. The van der Waals surface area contributed by atoms with Crippen LogP contribution in [0, 0.1) is 0 Å². The molecule has 0 saturated heterocycles. The van der Waals surface area contributed by atoms with Gasteiger partial charge in [0.05, 0.1) is 24.9 Å². The summed E-state index contributed by atoms with van der Waals surface area (Å²) in [6.07, 6.45) is 1.49. The minimum absolute atomic E-state index is 0.200. The van der Waals surface area contributed by atoms with E-state index in [0.29, 0.717) is 22.8 Å². The lowest BCUT2D eigenvalue weighted by Crippen LogP contribution is -2.24. The highest BCUT2D eigenvalue weighted by Gasteiger charge is 2.09. The summed E-state index contributed by atoms with van der Waals surface area (Å²) in [5, 5.41) is 3.94. The normalized spacial score (nSPS) is 10.7. The van der Waals surface area contributed by atoms with Gasteiger partial charge < -0.3 is 14.2 Å². The van der Waals surface area contributed by atoms with Gasteiger partial charge in [0.1, 0.15) is 5.75 Å². The molecule has 6 nitrogen and oxygen atoms in total. The smallest absolute Gasteiger partial charge is 0.277 e. The molecule has 1 amide bonds. The van der Waals surface area contributed by atoms with Crippen LogP contribution in [0.25, 0.3) is 0 Å². The third kappa shape index (κ3) is 5.72. The molecule has 9 heteroatoms. The Labute approximate surface area is 176 Å². The van der Waals surface area contributed by atoms with Crippen LogP contribution in [0.1, 0.15) is 5.56 Å². The second kappa shape index (κ2) is 9.94. The number of hydrogen-bond donors (Lipinski definition) is 1. The monoisotopic (exact) mass is 548 g/mol. The van der Waals surface area contributed by atoms with Crippen molar-refractivity contribution in [1.82, 2.24) is 5.43 Å².